The van der Waals surface area contributed by atoms with E-state index >= 15 is 0 Å². The summed E-state index contributed by atoms with van der Waals surface area (Å²) in [5.41, 5.74) is 2.04. The lowest BCUT2D eigenvalue weighted by Crippen LogP contribution is -2.27. The number of anilines is 1. The lowest BCUT2D eigenvalue weighted by molar-refractivity contribution is 0.0953. The third kappa shape index (κ3) is 4.52. The van der Waals surface area contributed by atoms with Crippen LogP contribution >= 0.6 is 0 Å². The molecule has 1 aromatic carbocycles. The van der Waals surface area contributed by atoms with E-state index in [1.165, 1.54) is 6.07 Å². The number of benzene rings is 1. The van der Waals surface area contributed by atoms with E-state index in [2.05, 4.69) is 29.0 Å². The summed E-state index contributed by atoms with van der Waals surface area (Å²) in [7, 11) is 0. The highest BCUT2D eigenvalue weighted by Crippen LogP contribution is 2.14. The molecular formula is C18H22FN3O. The maximum absolute atomic E-state index is 13.5. The van der Waals surface area contributed by atoms with Crippen molar-refractivity contribution in [3.8, 4) is 0 Å². The van der Waals surface area contributed by atoms with Gasteiger partial charge in [-0.25, -0.2) is 4.39 Å². The number of carbonyl (C=O) groups excluding carboxylic acids is 1. The van der Waals surface area contributed by atoms with Crippen LogP contribution in [-0.2, 0) is 6.42 Å². The van der Waals surface area contributed by atoms with Crippen molar-refractivity contribution < 1.29 is 9.18 Å². The minimum absolute atomic E-state index is 0.192. The molecule has 0 atom stereocenters. The summed E-state index contributed by atoms with van der Waals surface area (Å²) < 4.78 is 13.5. The Labute approximate surface area is 136 Å². The number of pyridine rings is 1. The summed E-state index contributed by atoms with van der Waals surface area (Å²) in [4.78, 5) is 18.5. The first kappa shape index (κ1) is 16.9. The predicted molar refractivity (Wildman–Crippen MR) is 90.2 cm³/mol. The zero-order valence-electron chi connectivity index (χ0n) is 13.6. The molecule has 1 heterocycles. The zero-order valence-corrected chi connectivity index (χ0v) is 13.6. The molecule has 1 aromatic heterocycles. The summed E-state index contributed by atoms with van der Waals surface area (Å²) in [6, 6.07) is 8.43. The Hall–Kier alpha value is -2.43. The summed E-state index contributed by atoms with van der Waals surface area (Å²) >= 11 is 0. The molecular weight excluding hydrogens is 293 g/mol. The van der Waals surface area contributed by atoms with Crippen LogP contribution < -0.4 is 10.2 Å². The van der Waals surface area contributed by atoms with Crippen molar-refractivity contribution in [1.29, 1.82) is 0 Å². The topological polar surface area (TPSA) is 45.2 Å². The van der Waals surface area contributed by atoms with Crippen molar-refractivity contribution in [1.82, 2.24) is 10.3 Å². The van der Waals surface area contributed by atoms with Gasteiger partial charge in [0.05, 0.1) is 17.4 Å². The molecule has 0 aliphatic heterocycles. The number of aromatic nitrogens is 1. The monoisotopic (exact) mass is 315 g/mol. The first-order chi connectivity index (χ1) is 11.2. The van der Waals surface area contributed by atoms with Crippen LogP contribution in [0.1, 0.15) is 29.8 Å². The molecule has 1 amide bonds. The van der Waals surface area contributed by atoms with Gasteiger partial charge in [-0.05, 0) is 38.0 Å². The van der Waals surface area contributed by atoms with Crippen LogP contribution in [0.4, 0.5) is 10.1 Å². The SMILES string of the molecule is CCN(CC)c1cncc(C(=O)NCCc2ccccc2F)c1. The van der Waals surface area contributed by atoms with Gasteiger partial charge in [0.2, 0.25) is 0 Å². The van der Waals surface area contributed by atoms with Gasteiger partial charge in [0.1, 0.15) is 5.82 Å². The highest BCUT2D eigenvalue weighted by atomic mass is 19.1. The van der Waals surface area contributed by atoms with Crippen molar-refractivity contribution >= 4 is 11.6 Å². The van der Waals surface area contributed by atoms with E-state index in [9.17, 15) is 9.18 Å². The van der Waals surface area contributed by atoms with Gasteiger partial charge in [0.15, 0.2) is 0 Å². The average Bonchev–Trinajstić information content (AvgIpc) is 2.58. The first-order valence-corrected chi connectivity index (χ1v) is 7.87. The maximum atomic E-state index is 13.5. The smallest absolute Gasteiger partial charge is 0.252 e. The molecule has 0 aliphatic carbocycles. The van der Waals surface area contributed by atoms with E-state index in [1.807, 2.05) is 6.07 Å². The second-order valence-electron chi connectivity index (χ2n) is 5.20. The number of hydrogen-bond donors (Lipinski definition) is 1. The Morgan fingerprint density at radius 2 is 1.96 bits per heavy atom. The fourth-order valence-corrected chi connectivity index (χ4v) is 2.43. The molecule has 2 aromatic rings. The molecule has 5 heteroatoms. The fraction of sp³-hybridized carbons (Fsp3) is 0.333. The number of nitrogens with zero attached hydrogens (tertiary/aromatic N) is 2. The van der Waals surface area contributed by atoms with Crippen molar-refractivity contribution in [2.45, 2.75) is 20.3 Å². The van der Waals surface area contributed by atoms with E-state index in [0.717, 1.165) is 18.8 Å². The molecule has 0 unspecified atom stereocenters. The molecule has 23 heavy (non-hydrogen) atoms. The van der Waals surface area contributed by atoms with Crippen LogP contribution in [0.5, 0.6) is 0 Å². The molecule has 1 N–H and O–H groups in total. The van der Waals surface area contributed by atoms with Crippen LogP contribution in [0, 0.1) is 5.82 Å². The Morgan fingerprint density at radius 1 is 1.22 bits per heavy atom. The highest BCUT2D eigenvalue weighted by Gasteiger charge is 2.09. The van der Waals surface area contributed by atoms with Crippen molar-refractivity contribution in [3.05, 3.63) is 59.7 Å². The van der Waals surface area contributed by atoms with Gasteiger partial charge in [0.25, 0.3) is 5.91 Å². The standard InChI is InChI=1S/C18H22FN3O/c1-3-22(4-2)16-11-15(12-20-13-16)18(23)21-10-9-14-7-5-6-8-17(14)19/h5-8,11-13H,3-4,9-10H2,1-2H3,(H,21,23). The van der Waals surface area contributed by atoms with Crippen molar-refractivity contribution in [2.75, 3.05) is 24.5 Å². The maximum Gasteiger partial charge on any atom is 0.252 e. The van der Waals surface area contributed by atoms with E-state index < -0.39 is 0 Å². The number of amides is 1. The molecule has 0 spiro atoms. The largest absolute Gasteiger partial charge is 0.371 e. The van der Waals surface area contributed by atoms with E-state index in [-0.39, 0.29) is 11.7 Å². The molecule has 2 rings (SSSR count). The average molecular weight is 315 g/mol. The third-order valence-corrected chi connectivity index (χ3v) is 3.75. The second kappa shape index (κ2) is 8.27. The molecule has 0 radical (unpaired) electrons. The van der Waals surface area contributed by atoms with Gasteiger partial charge in [-0.3, -0.25) is 9.78 Å². The van der Waals surface area contributed by atoms with Crippen molar-refractivity contribution in [3.63, 3.8) is 0 Å². The number of hydrogen-bond acceptors (Lipinski definition) is 3. The number of carbonyl (C=O) groups is 1. The lowest BCUT2D eigenvalue weighted by Gasteiger charge is -2.20. The molecule has 0 aliphatic rings. The Balaban J connectivity index is 1.96. The highest BCUT2D eigenvalue weighted by molar-refractivity contribution is 5.94. The van der Waals surface area contributed by atoms with Gasteiger partial charge in [-0.1, -0.05) is 18.2 Å². The van der Waals surface area contributed by atoms with Crippen molar-refractivity contribution in [2.24, 2.45) is 0 Å². The molecule has 4 nitrogen and oxygen atoms in total. The van der Waals surface area contributed by atoms with Gasteiger partial charge in [-0.15, -0.1) is 0 Å². The summed E-state index contributed by atoms with van der Waals surface area (Å²) in [5, 5.41) is 2.81. The Bertz CT molecular complexity index is 656. The van der Waals surface area contributed by atoms with Crippen LogP contribution in [0.15, 0.2) is 42.7 Å². The lowest BCUT2D eigenvalue weighted by atomic mass is 10.1. The van der Waals surface area contributed by atoms with Gasteiger partial charge in [-0.2, -0.15) is 0 Å². The zero-order chi connectivity index (χ0) is 16.7. The molecule has 0 saturated heterocycles. The minimum Gasteiger partial charge on any atom is -0.371 e. The number of rotatable bonds is 7. The fourth-order valence-electron chi connectivity index (χ4n) is 2.43. The van der Waals surface area contributed by atoms with Gasteiger partial charge in [0, 0.05) is 25.8 Å². The molecule has 0 saturated carbocycles. The van der Waals surface area contributed by atoms with Crippen LogP contribution in [0.3, 0.4) is 0 Å². The van der Waals surface area contributed by atoms with Crippen LogP contribution in [0.25, 0.3) is 0 Å². The summed E-state index contributed by atoms with van der Waals surface area (Å²) in [5.74, 6) is -0.435. The quantitative estimate of drug-likeness (QED) is 0.854. The molecule has 122 valence electrons. The van der Waals surface area contributed by atoms with Crippen LogP contribution in [0.2, 0.25) is 0 Å². The number of halogens is 1. The molecule has 0 bridgehead atoms. The third-order valence-electron chi connectivity index (χ3n) is 3.75. The summed E-state index contributed by atoms with van der Waals surface area (Å²) in [6.45, 7) is 6.22. The van der Waals surface area contributed by atoms with E-state index in [1.54, 1.807) is 30.6 Å². The van der Waals surface area contributed by atoms with Gasteiger partial charge < -0.3 is 10.2 Å². The normalized spacial score (nSPS) is 10.4. The van der Waals surface area contributed by atoms with Gasteiger partial charge >= 0.3 is 0 Å². The Kier molecular flexibility index (Phi) is 6.09. The van der Waals surface area contributed by atoms with Crippen LogP contribution in [-0.4, -0.2) is 30.5 Å². The van der Waals surface area contributed by atoms with E-state index in [0.29, 0.717) is 24.1 Å². The molecule has 0 fully saturated rings. The minimum atomic E-state index is -0.244. The predicted octanol–water partition coefficient (Wildman–Crippen LogP) is 3.04. The Morgan fingerprint density at radius 3 is 2.65 bits per heavy atom. The summed E-state index contributed by atoms with van der Waals surface area (Å²) in [6.07, 6.45) is 3.76. The second-order valence-corrected chi connectivity index (χ2v) is 5.20. The van der Waals surface area contributed by atoms with E-state index in [4.69, 9.17) is 0 Å². The first-order valence-electron chi connectivity index (χ1n) is 7.87. The number of nitrogens with one attached hydrogen (secondary N) is 1.